The van der Waals surface area contributed by atoms with Crippen molar-refractivity contribution in [1.29, 1.82) is 0 Å². The Labute approximate surface area is 80.4 Å². The number of imidazole rings is 1. The first-order valence-corrected chi connectivity index (χ1v) is 4.31. The lowest BCUT2D eigenvalue weighted by atomic mass is 10.1. The smallest absolute Gasteiger partial charge is 0.321 e. The van der Waals surface area contributed by atoms with Gasteiger partial charge in [0.25, 0.3) is 0 Å². The van der Waals surface area contributed by atoms with E-state index in [0.717, 1.165) is 16.6 Å². The van der Waals surface area contributed by atoms with Crippen molar-refractivity contribution in [3.8, 4) is 0 Å². The third kappa shape index (κ3) is 1.36. The van der Waals surface area contributed by atoms with Gasteiger partial charge in [0.1, 0.15) is 0 Å². The summed E-state index contributed by atoms with van der Waals surface area (Å²) in [7, 11) is 0. The summed E-state index contributed by atoms with van der Waals surface area (Å²) in [5.74, 6) is 0. The molecule has 1 heterocycles. The lowest BCUT2D eigenvalue weighted by Gasteiger charge is -2.05. The fourth-order valence-corrected chi connectivity index (χ4v) is 1.39. The average molecular weight is 189 g/mol. The molecule has 72 valence electrons. The van der Waals surface area contributed by atoms with Gasteiger partial charge < -0.3 is 15.7 Å². The molecular formula is C10H11N3O. The molecule has 0 radical (unpaired) electrons. The standard InChI is InChI=1S/C10H11N3O/c1-2-7(11)6-3-4-8-9(5-6)13-10(14)12-8/h2-5,7H,1,11H2,(H2,12,13,14). The van der Waals surface area contributed by atoms with Gasteiger partial charge in [-0.25, -0.2) is 4.79 Å². The maximum atomic E-state index is 11.0. The molecule has 1 atom stereocenters. The highest BCUT2D eigenvalue weighted by Crippen LogP contribution is 2.15. The van der Waals surface area contributed by atoms with Crippen molar-refractivity contribution < 1.29 is 0 Å². The fraction of sp³-hybridized carbons (Fsp3) is 0.100. The summed E-state index contributed by atoms with van der Waals surface area (Å²) in [6.45, 7) is 3.62. The quantitative estimate of drug-likeness (QED) is 0.617. The highest BCUT2D eigenvalue weighted by molar-refractivity contribution is 5.75. The van der Waals surface area contributed by atoms with Gasteiger partial charge in [0.15, 0.2) is 0 Å². The van der Waals surface area contributed by atoms with E-state index >= 15 is 0 Å². The maximum absolute atomic E-state index is 11.0. The Kier molecular flexibility index (Phi) is 1.98. The van der Waals surface area contributed by atoms with Gasteiger partial charge in [0, 0.05) is 6.04 Å². The molecule has 0 fully saturated rings. The molecule has 2 rings (SSSR count). The number of nitrogens with one attached hydrogen (secondary N) is 2. The summed E-state index contributed by atoms with van der Waals surface area (Å²) < 4.78 is 0. The van der Waals surface area contributed by atoms with E-state index < -0.39 is 0 Å². The summed E-state index contributed by atoms with van der Waals surface area (Å²) in [6.07, 6.45) is 1.66. The number of nitrogens with two attached hydrogens (primary N) is 1. The SMILES string of the molecule is C=CC(N)c1ccc2[nH]c(=O)[nH]c2c1. The van der Waals surface area contributed by atoms with E-state index in [4.69, 9.17) is 5.73 Å². The molecule has 4 heteroatoms. The third-order valence-corrected chi connectivity index (χ3v) is 2.18. The number of hydrogen-bond donors (Lipinski definition) is 3. The van der Waals surface area contributed by atoms with Gasteiger partial charge in [-0.15, -0.1) is 6.58 Å². The molecule has 0 bridgehead atoms. The van der Waals surface area contributed by atoms with E-state index in [9.17, 15) is 4.79 Å². The van der Waals surface area contributed by atoms with Crippen LogP contribution in [0.2, 0.25) is 0 Å². The Morgan fingerprint density at radius 1 is 1.36 bits per heavy atom. The molecule has 0 spiro atoms. The van der Waals surface area contributed by atoms with Crippen LogP contribution in [0.25, 0.3) is 11.0 Å². The first-order chi connectivity index (χ1) is 6.70. The number of hydrogen-bond acceptors (Lipinski definition) is 2. The Hall–Kier alpha value is -1.81. The van der Waals surface area contributed by atoms with Gasteiger partial charge in [-0.1, -0.05) is 12.1 Å². The number of aromatic amines is 2. The van der Waals surface area contributed by atoms with E-state index in [1.807, 2.05) is 18.2 Å². The van der Waals surface area contributed by atoms with Crippen LogP contribution in [0, 0.1) is 0 Å². The van der Waals surface area contributed by atoms with Crippen LogP contribution in [-0.4, -0.2) is 9.97 Å². The van der Waals surface area contributed by atoms with Crippen LogP contribution in [0.1, 0.15) is 11.6 Å². The highest BCUT2D eigenvalue weighted by atomic mass is 16.1. The summed E-state index contributed by atoms with van der Waals surface area (Å²) in [4.78, 5) is 16.3. The van der Waals surface area contributed by atoms with Crippen LogP contribution >= 0.6 is 0 Å². The van der Waals surface area contributed by atoms with Crippen molar-refractivity contribution in [1.82, 2.24) is 9.97 Å². The fourth-order valence-electron chi connectivity index (χ4n) is 1.39. The molecule has 1 aromatic heterocycles. The Balaban J connectivity index is 2.61. The molecule has 0 saturated heterocycles. The van der Waals surface area contributed by atoms with E-state index in [1.54, 1.807) is 6.08 Å². The van der Waals surface area contributed by atoms with Crippen LogP contribution in [-0.2, 0) is 0 Å². The number of H-pyrrole nitrogens is 2. The van der Waals surface area contributed by atoms with Gasteiger partial charge in [-0.3, -0.25) is 0 Å². The Morgan fingerprint density at radius 2 is 2.07 bits per heavy atom. The van der Waals surface area contributed by atoms with E-state index in [-0.39, 0.29) is 11.7 Å². The van der Waals surface area contributed by atoms with Crippen LogP contribution in [0.15, 0.2) is 35.6 Å². The molecule has 14 heavy (non-hydrogen) atoms. The average Bonchev–Trinajstić information content (AvgIpc) is 2.55. The zero-order chi connectivity index (χ0) is 10.1. The molecule has 4 nitrogen and oxygen atoms in total. The monoisotopic (exact) mass is 189 g/mol. The third-order valence-electron chi connectivity index (χ3n) is 2.18. The van der Waals surface area contributed by atoms with Gasteiger partial charge in [-0.05, 0) is 17.7 Å². The van der Waals surface area contributed by atoms with E-state index in [1.165, 1.54) is 0 Å². The van der Waals surface area contributed by atoms with Crippen molar-refractivity contribution in [3.05, 3.63) is 46.9 Å². The van der Waals surface area contributed by atoms with E-state index in [0.29, 0.717) is 0 Å². The second kappa shape index (κ2) is 3.16. The molecule has 0 aliphatic carbocycles. The molecule has 0 saturated carbocycles. The van der Waals surface area contributed by atoms with Crippen molar-refractivity contribution in [2.75, 3.05) is 0 Å². The molecular weight excluding hydrogens is 178 g/mol. The summed E-state index contributed by atoms with van der Waals surface area (Å²) in [6, 6.07) is 5.35. The Morgan fingerprint density at radius 3 is 2.79 bits per heavy atom. The minimum atomic E-state index is -0.204. The van der Waals surface area contributed by atoms with Crippen molar-refractivity contribution in [3.63, 3.8) is 0 Å². The molecule has 0 aliphatic rings. The molecule has 0 aliphatic heterocycles. The normalized spacial score (nSPS) is 12.9. The summed E-state index contributed by atoms with van der Waals surface area (Å²) >= 11 is 0. The Bertz CT molecular complexity index is 523. The molecule has 2 aromatic rings. The first-order valence-electron chi connectivity index (χ1n) is 4.31. The minimum Gasteiger partial charge on any atom is -0.321 e. The predicted molar refractivity (Wildman–Crippen MR) is 56.0 cm³/mol. The highest BCUT2D eigenvalue weighted by Gasteiger charge is 2.03. The maximum Gasteiger partial charge on any atom is 0.323 e. The summed E-state index contributed by atoms with van der Waals surface area (Å²) in [5.41, 5.74) is 8.06. The molecule has 1 unspecified atom stereocenters. The van der Waals surface area contributed by atoms with Gasteiger partial charge >= 0.3 is 5.69 Å². The number of aromatic nitrogens is 2. The molecule has 4 N–H and O–H groups in total. The molecule has 1 aromatic carbocycles. The second-order valence-electron chi connectivity index (χ2n) is 3.15. The number of benzene rings is 1. The van der Waals surface area contributed by atoms with E-state index in [2.05, 4.69) is 16.5 Å². The van der Waals surface area contributed by atoms with Crippen molar-refractivity contribution in [2.24, 2.45) is 5.73 Å². The van der Waals surface area contributed by atoms with Crippen LogP contribution in [0.4, 0.5) is 0 Å². The molecule has 0 amide bonds. The lowest BCUT2D eigenvalue weighted by Crippen LogP contribution is -2.05. The minimum absolute atomic E-state index is 0.196. The van der Waals surface area contributed by atoms with Crippen LogP contribution in [0.5, 0.6) is 0 Å². The zero-order valence-corrected chi connectivity index (χ0v) is 7.58. The van der Waals surface area contributed by atoms with Gasteiger partial charge in [-0.2, -0.15) is 0 Å². The van der Waals surface area contributed by atoms with Crippen LogP contribution in [0.3, 0.4) is 0 Å². The topological polar surface area (TPSA) is 74.7 Å². The van der Waals surface area contributed by atoms with Gasteiger partial charge in [0.2, 0.25) is 0 Å². The second-order valence-corrected chi connectivity index (χ2v) is 3.15. The predicted octanol–water partition coefficient (Wildman–Crippen LogP) is 1.04. The summed E-state index contributed by atoms with van der Waals surface area (Å²) in [5, 5.41) is 0. The van der Waals surface area contributed by atoms with Crippen LogP contribution < -0.4 is 11.4 Å². The first kappa shape index (κ1) is 8.77. The van der Waals surface area contributed by atoms with Gasteiger partial charge in [0.05, 0.1) is 11.0 Å². The number of fused-ring (bicyclic) bond motifs is 1. The lowest BCUT2D eigenvalue weighted by molar-refractivity contribution is 0.916. The largest absolute Gasteiger partial charge is 0.323 e. The van der Waals surface area contributed by atoms with Crippen molar-refractivity contribution >= 4 is 11.0 Å². The van der Waals surface area contributed by atoms with Crippen molar-refractivity contribution in [2.45, 2.75) is 6.04 Å². The number of rotatable bonds is 2. The zero-order valence-electron chi connectivity index (χ0n) is 7.58.